The van der Waals surface area contributed by atoms with Crippen molar-refractivity contribution in [1.29, 1.82) is 0 Å². The zero-order valence-corrected chi connectivity index (χ0v) is 11.9. The summed E-state index contributed by atoms with van der Waals surface area (Å²) in [7, 11) is 1.88. The molecule has 0 atom stereocenters. The third-order valence-corrected chi connectivity index (χ3v) is 3.56. The van der Waals surface area contributed by atoms with Crippen LogP contribution in [-0.4, -0.2) is 30.6 Å². The number of nitrogens with zero attached hydrogens (tertiary/aromatic N) is 1. The van der Waals surface area contributed by atoms with Crippen molar-refractivity contribution in [1.82, 2.24) is 5.32 Å². The second kappa shape index (κ2) is 5.71. The highest BCUT2D eigenvalue weighted by Gasteiger charge is 2.23. The summed E-state index contributed by atoms with van der Waals surface area (Å²) in [5, 5.41) is 12.0. The van der Waals surface area contributed by atoms with Gasteiger partial charge >= 0.3 is 0 Å². The van der Waals surface area contributed by atoms with Gasteiger partial charge in [-0.05, 0) is 46.5 Å². The van der Waals surface area contributed by atoms with Crippen molar-refractivity contribution in [2.45, 2.75) is 25.5 Å². The van der Waals surface area contributed by atoms with Crippen molar-refractivity contribution in [2.75, 3.05) is 18.5 Å². The van der Waals surface area contributed by atoms with Gasteiger partial charge in [0.05, 0.1) is 18.8 Å². The Labute approximate surface area is 115 Å². The number of hydrogen-bond donors (Lipinski definition) is 2. The number of rotatable bonds is 5. The topological polar surface area (TPSA) is 52.6 Å². The average molecular weight is 313 g/mol. The smallest absolute Gasteiger partial charge is 0.239 e. The first kappa shape index (κ1) is 13.4. The van der Waals surface area contributed by atoms with Gasteiger partial charge in [0.15, 0.2) is 0 Å². The molecule has 0 bridgehead atoms. The van der Waals surface area contributed by atoms with Gasteiger partial charge in [-0.25, -0.2) is 0 Å². The Hall–Kier alpha value is -1.07. The molecular formula is C13H17BrN2O2. The lowest BCUT2D eigenvalue weighted by atomic mass is 10.2. The molecule has 4 nitrogen and oxygen atoms in total. The molecule has 1 fully saturated rings. The van der Waals surface area contributed by atoms with Crippen LogP contribution in [0.1, 0.15) is 18.4 Å². The number of anilines is 1. The fraction of sp³-hybridized carbons (Fsp3) is 0.462. The van der Waals surface area contributed by atoms with Crippen LogP contribution in [-0.2, 0) is 11.4 Å². The van der Waals surface area contributed by atoms with E-state index < -0.39 is 0 Å². The summed E-state index contributed by atoms with van der Waals surface area (Å²) in [4.78, 5) is 13.6. The summed E-state index contributed by atoms with van der Waals surface area (Å²) < 4.78 is 0.885. The van der Waals surface area contributed by atoms with Gasteiger partial charge in [0.25, 0.3) is 0 Å². The van der Waals surface area contributed by atoms with Crippen LogP contribution in [0.5, 0.6) is 0 Å². The normalized spacial score (nSPS) is 14.4. The van der Waals surface area contributed by atoms with Crippen molar-refractivity contribution >= 4 is 27.5 Å². The van der Waals surface area contributed by atoms with Crippen molar-refractivity contribution in [3.63, 3.8) is 0 Å². The molecule has 0 saturated heterocycles. The molecular weight excluding hydrogens is 296 g/mol. The molecule has 1 aliphatic rings. The molecule has 1 aromatic rings. The predicted molar refractivity (Wildman–Crippen MR) is 74.5 cm³/mol. The van der Waals surface area contributed by atoms with Crippen LogP contribution in [0.15, 0.2) is 22.7 Å². The summed E-state index contributed by atoms with van der Waals surface area (Å²) in [6.45, 7) is 0.359. The van der Waals surface area contributed by atoms with Crippen LogP contribution < -0.4 is 10.2 Å². The van der Waals surface area contributed by atoms with E-state index in [4.69, 9.17) is 5.11 Å². The Bertz CT molecular complexity index is 447. The lowest BCUT2D eigenvalue weighted by molar-refractivity contribution is -0.119. The largest absolute Gasteiger partial charge is 0.392 e. The molecule has 0 radical (unpaired) electrons. The van der Waals surface area contributed by atoms with Crippen LogP contribution >= 0.6 is 15.9 Å². The first-order chi connectivity index (χ1) is 8.60. The lowest BCUT2D eigenvalue weighted by Gasteiger charge is -2.20. The number of carbonyl (C=O) groups excluding carboxylic acids is 1. The van der Waals surface area contributed by atoms with Crippen molar-refractivity contribution in [3.05, 3.63) is 28.2 Å². The number of aliphatic hydroxyl groups is 1. The molecule has 2 rings (SSSR count). The summed E-state index contributed by atoms with van der Waals surface area (Å²) in [6.07, 6.45) is 2.20. The van der Waals surface area contributed by atoms with E-state index in [0.29, 0.717) is 12.6 Å². The second-order valence-electron chi connectivity index (χ2n) is 4.64. The van der Waals surface area contributed by atoms with E-state index in [-0.39, 0.29) is 12.5 Å². The number of amides is 1. The Morgan fingerprint density at radius 3 is 2.83 bits per heavy atom. The number of aliphatic hydroxyl groups excluding tert-OH is 1. The first-order valence-corrected chi connectivity index (χ1v) is 6.79. The van der Waals surface area contributed by atoms with Gasteiger partial charge in [0.1, 0.15) is 0 Å². The minimum Gasteiger partial charge on any atom is -0.392 e. The zero-order chi connectivity index (χ0) is 13.1. The summed E-state index contributed by atoms with van der Waals surface area (Å²) in [5.41, 5.74) is 1.79. The molecule has 1 saturated carbocycles. The SMILES string of the molecule is CN(CC(=O)NC1CC1)c1ccc(CO)cc1Br. The van der Waals surface area contributed by atoms with E-state index >= 15 is 0 Å². The molecule has 0 spiro atoms. The second-order valence-corrected chi connectivity index (χ2v) is 5.50. The van der Waals surface area contributed by atoms with E-state index in [1.54, 1.807) is 0 Å². The van der Waals surface area contributed by atoms with Crippen LogP contribution in [0.4, 0.5) is 5.69 Å². The Balaban J connectivity index is 1.98. The van der Waals surface area contributed by atoms with E-state index in [0.717, 1.165) is 28.6 Å². The van der Waals surface area contributed by atoms with E-state index in [1.807, 2.05) is 30.1 Å². The molecule has 0 aromatic heterocycles. The van der Waals surface area contributed by atoms with Crippen LogP contribution in [0.2, 0.25) is 0 Å². The summed E-state index contributed by atoms with van der Waals surface area (Å²) in [5.74, 6) is 0.0538. The van der Waals surface area contributed by atoms with Crippen molar-refractivity contribution < 1.29 is 9.90 Å². The Morgan fingerprint density at radius 1 is 1.56 bits per heavy atom. The summed E-state index contributed by atoms with van der Waals surface area (Å²) >= 11 is 3.46. The highest BCUT2D eigenvalue weighted by Crippen LogP contribution is 2.26. The third-order valence-electron chi connectivity index (χ3n) is 2.93. The molecule has 5 heteroatoms. The number of carbonyl (C=O) groups is 1. The highest BCUT2D eigenvalue weighted by molar-refractivity contribution is 9.10. The van der Waals surface area contributed by atoms with Gasteiger partial charge in [0.2, 0.25) is 5.91 Å². The maximum atomic E-state index is 11.7. The molecule has 1 amide bonds. The minimum absolute atomic E-state index is 0.0186. The van der Waals surface area contributed by atoms with Crippen molar-refractivity contribution in [2.24, 2.45) is 0 Å². The average Bonchev–Trinajstić information content (AvgIpc) is 3.12. The highest BCUT2D eigenvalue weighted by atomic mass is 79.9. The molecule has 1 aromatic carbocycles. The third kappa shape index (κ3) is 3.46. The lowest BCUT2D eigenvalue weighted by Crippen LogP contribution is -2.36. The molecule has 18 heavy (non-hydrogen) atoms. The summed E-state index contributed by atoms with van der Waals surface area (Å²) in [6, 6.07) is 6.02. The fourth-order valence-electron chi connectivity index (χ4n) is 1.76. The Morgan fingerprint density at radius 2 is 2.28 bits per heavy atom. The zero-order valence-electron chi connectivity index (χ0n) is 10.3. The van der Waals surface area contributed by atoms with E-state index in [2.05, 4.69) is 21.2 Å². The number of halogens is 1. The molecule has 1 aliphatic carbocycles. The quantitative estimate of drug-likeness (QED) is 0.869. The maximum Gasteiger partial charge on any atom is 0.239 e. The van der Waals surface area contributed by atoms with E-state index in [9.17, 15) is 4.79 Å². The van der Waals surface area contributed by atoms with Crippen molar-refractivity contribution in [3.8, 4) is 0 Å². The number of likely N-dealkylation sites (N-methyl/N-ethyl adjacent to an activating group) is 1. The van der Waals surface area contributed by atoms with Crippen LogP contribution in [0, 0.1) is 0 Å². The number of benzene rings is 1. The van der Waals surface area contributed by atoms with Crippen LogP contribution in [0.3, 0.4) is 0 Å². The fourth-order valence-corrected chi connectivity index (χ4v) is 2.49. The molecule has 0 aliphatic heterocycles. The van der Waals surface area contributed by atoms with Gasteiger partial charge in [-0.1, -0.05) is 6.07 Å². The first-order valence-electron chi connectivity index (χ1n) is 6.00. The predicted octanol–water partition coefficient (Wildman–Crippen LogP) is 1.66. The van der Waals surface area contributed by atoms with Gasteiger partial charge in [0, 0.05) is 17.6 Å². The standard InChI is InChI=1S/C13H17BrN2O2/c1-16(7-13(18)15-10-3-4-10)12-5-2-9(8-17)6-11(12)14/h2,5-6,10,17H,3-4,7-8H2,1H3,(H,15,18). The molecule has 0 unspecified atom stereocenters. The number of hydrogen-bond acceptors (Lipinski definition) is 3. The van der Waals surface area contributed by atoms with E-state index in [1.165, 1.54) is 0 Å². The van der Waals surface area contributed by atoms with Crippen LogP contribution in [0.25, 0.3) is 0 Å². The minimum atomic E-state index is 0.0186. The monoisotopic (exact) mass is 312 g/mol. The van der Waals surface area contributed by atoms with Gasteiger partial charge in [-0.3, -0.25) is 4.79 Å². The van der Waals surface area contributed by atoms with Gasteiger partial charge in [-0.2, -0.15) is 0 Å². The van der Waals surface area contributed by atoms with Gasteiger partial charge < -0.3 is 15.3 Å². The molecule has 0 heterocycles. The molecule has 2 N–H and O–H groups in total. The Kier molecular flexibility index (Phi) is 4.24. The van der Waals surface area contributed by atoms with Gasteiger partial charge in [-0.15, -0.1) is 0 Å². The maximum absolute atomic E-state index is 11.7. The number of nitrogens with one attached hydrogen (secondary N) is 1. The molecule has 98 valence electrons.